The topological polar surface area (TPSA) is 26.3 Å². The largest absolute Gasteiger partial charge is 0.373 e. The lowest BCUT2D eigenvalue weighted by atomic mass is 9.93. The lowest BCUT2D eigenvalue weighted by molar-refractivity contribution is 0.0352. The SMILES string of the molecule is O=C(CC1OCCc2ccccc21)c1cc(F)cc(Br)c1. The summed E-state index contributed by atoms with van der Waals surface area (Å²) in [5.41, 5.74) is 2.66. The Bertz CT molecular complexity index is 664. The van der Waals surface area contributed by atoms with E-state index in [1.807, 2.05) is 18.2 Å². The van der Waals surface area contributed by atoms with E-state index in [1.54, 1.807) is 6.07 Å². The van der Waals surface area contributed by atoms with E-state index in [1.165, 1.54) is 17.7 Å². The highest BCUT2D eigenvalue weighted by atomic mass is 79.9. The maximum absolute atomic E-state index is 13.4. The van der Waals surface area contributed by atoms with Gasteiger partial charge in [0, 0.05) is 16.5 Å². The molecule has 1 atom stereocenters. The number of Topliss-reactive ketones (excluding diaryl/α,β-unsaturated/α-hetero) is 1. The van der Waals surface area contributed by atoms with Crippen LogP contribution in [0, 0.1) is 5.82 Å². The third-order valence-electron chi connectivity index (χ3n) is 3.65. The van der Waals surface area contributed by atoms with Gasteiger partial charge in [-0.15, -0.1) is 0 Å². The Labute approximate surface area is 131 Å². The van der Waals surface area contributed by atoms with Crippen molar-refractivity contribution in [3.8, 4) is 0 Å². The summed E-state index contributed by atoms with van der Waals surface area (Å²) in [7, 11) is 0. The van der Waals surface area contributed by atoms with Crippen LogP contribution in [-0.4, -0.2) is 12.4 Å². The molecule has 108 valence electrons. The molecule has 1 unspecified atom stereocenters. The van der Waals surface area contributed by atoms with Crippen molar-refractivity contribution in [2.75, 3.05) is 6.61 Å². The van der Waals surface area contributed by atoms with Crippen molar-refractivity contribution in [2.24, 2.45) is 0 Å². The first-order valence-electron chi connectivity index (χ1n) is 6.82. The highest BCUT2D eigenvalue weighted by Crippen LogP contribution is 2.31. The van der Waals surface area contributed by atoms with Crippen LogP contribution in [0.1, 0.15) is 34.0 Å². The van der Waals surface area contributed by atoms with Crippen molar-refractivity contribution >= 4 is 21.7 Å². The summed E-state index contributed by atoms with van der Waals surface area (Å²) in [5, 5.41) is 0. The summed E-state index contributed by atoms with van der Waals surface area (Å²) in [5.74, 6) is -0.533. The van der Waals surface area contributed by atoms with Gasteiger partial charge in [-0.05, 0) is 35.7 Å². The van der Waals surface area contributed by atoms with Crippen molar-refractivity contribution in [3.63, 3.8) is 0 Å². The minimum Gasteiger partial charge on any atom is -0.373 e. The number of hydrogen-bond acceptors (Lipinski definition) is 2. The highest BCUT2D eigenvalue weighted by molar-refractivity contribution is 9.10. The summed E-state index contributed by atoms with van der Waals surface area (Å²) in [6, 6.07) is 12.2. The molecule has 4 heteroatoms. The van der Waals surface area contributed by atoms with Crippen LogP contribution in [0.2, 0.25) is 0 Å². The van der Waals surface area contributed by atoms with Crippen LogP contribution in [0.4, 0.5) is 4.39 Å². The lowest BCUT2D eigenvalue weighted by Crippen LogP contribution is -2.19. The molecule has 0 radical (unpaired) electrons. The molecule has 0 saturated heterocycles. The summed E-state index contributed by atoms with van der Waals surface area (Å²) in [4.78, 5) is 12.4. The average Bonchev–Trinajstić information content (AvgIpc) is 2.46. The first-order valence-corrected chi connectivity index (χ1v) is 7.61. The molecule has 2 nitrogen and oxygen atoms in total. The first-order chi connectivity index (χ1) is 10.1. The second-order valence-electron chi connectivity index (χ2n) is 5.09. The molecule has 0 spiro atoms. The van der Waals surface area contributed by atoms with Crippen molar-refractivity contribution in [3.05, 3.63) is 69.4 Å². The monoisotopic (exact) mass is 348 g/mol. The summed E-state index contributed by atoms with van der Waals surface area (Å²) in [6.45, 7) is 0.613. The number of carbonyl (C=O) groups is 1. The highest BCUT2D eigenvalue weighted by Gasteiger charge is 2.23. The maximum atomic E-state index is 13.4. The lowest BCUT2D eigenvalue weighted by Gasteiger charge is -2.25. The Hall–Kier alpha value is -1.52. The van der Waals surface area contributed by atoms with E-state index in [9.17, 15) is 9.18 Å². The molecule has 21 heavy (non-hydrogen) atoms. The van der Waals surface area contributed by atoms with Crippen LogP contribution in [0.5, 0.6) is 0 Å². The van der Waals surface area contributed by atoms with Gasteiger partial charge in [0.1, 0.15) is 5.82 Å². The molecule has 1 aliphatic rings. The Kier molecular flexibility index (Phi) is 4.17. The molecule has 0 aliphatic carbocycles. The van der Waals surface area contributed by atoms with Gasteiger partial charge >= 0.3 is 0 Å². The molecular weight excluding hydrogens is 335 g/mol. The van der Waals surface area contributed by atoms with Gasteiger partial charge in [-0.1, -0.05) is 40.2 Å². The quantitative estimate of drug-likeness (QED) is 0.764. The fourth-order valence-corrected chi connectivity index (χ4v) is 3.11. The van der Waals surface area contributed by atoms with Gasteiger partial charge < -0.3 is 4.74 Å². The molecule has 2 aromatic rings. The number of rotatable bonds is 3. The molecule has 3 rings (SSSR count). The molecule has 0 aromatic heterocycles. The molecule has 0 amide bonds. The zero-order valence-corrected chi connectivity index (χ0v) is 12.9. The fraction of sp³-hybridized carbons (Fsp3) is 0.235. The van der Waals surface area contributed by atoms with Gasteiger partial charge in [0.25, 0.3) is 0 Å². The van der Waals surface area contributed by atoms with Crippen LogP contribution < -0.4 is 0 Å². The van der Waals surface area contributed by atoms with Crippen molar-refractivity contribution < 1.29 is 13.9 Å². The number of fused-ring (bicyclic) bond motifs is 1. The van der Waals surface area contributed by atoms with E-state index in [-0.39, 0.29) is 18.3 Å². The minimum absolute atomic E-state index is 0.114. The Morgan fingerprint density at radius 1 is 1.29 bits per heavy atom. The number of halogens is 2. The van der Waals surface area contributed by atoms with Gasteiger partial charge in [-0.3, -0.25) is 4.79 Å². The summed E-state index contributed by atoms with van der Waals surface area (Å²) < 4.78 is 19.7. The van der Waals surface area contributed by atoms with E-state index in [0.29, 0.717) is 16.6 Å². The average molecular weight is 349 g/mol. The predicted octanol–water partition coefficient (Wildman–Crippen LogP) is 4.48. The molecule has 0 saturated carbocycles. The molecular formula is C17H14BrFO2. The van der Waals surface area contributed by atoms with Crippen LogP contribution in [0.25, 0.3) is 0 Å². The zero-order chi connectivity index (χ0) is 14.8. The van der Waals surface area contributed by atoms with E-state index in [4.69, 9.17) is 4.74 Å². The Morgan fingerprint density at radius 3 is 2.90 bits per heavy atom. The van der Waals surface area contributed by atoms with Crippen LogP contribution in [0.15, 0.2) is 46.9 Å². The van der Waals surface area contributed by atoms with Crippen LogP contribution >= 0.6 is 15.9 Å². The summed E-state index contributed by atoms with van der Waals surface area (Å²) >= 11 is 3.21. The van der Waals surface area contributed by atoms with E-state index >= 15 is 0 Å². The Morgan fingerprint density at radius 2 is 2.10 bits per heavy atom. The van der Waals surface area contributed by atoms with Gasteiger partial charge in [-0.2, -0.15) is 0 Å². The first kappa shape index (κ1) is 14.4. The third kappa shape index (κ3) is 3.22. The van der Waals surface area contributed by atoms with Gasteiger partial charge in [0.15, 0.2) is 5.78 Å². The molecule has 1 aliphatic heterocycles. The van der Waals surface area contributed by atoms with E-state index in [2.05, 4.69) is 22.0 Å². The standard InChI is InChI=1S/C17H14BrFO2/c18-13-7-12(8-14(19)9-13)16(20)10-17-15-4-2-1-3-11(15)5-6-21-17/h1-4,7-9,17H,5-6,10H2. The second kappa shape index (κ2) is 6.08. The molecule has 0 bridgehead atoms. The number of benzene rings is 2. The summed E-state index contributed by atoms with van der Waals surface area (Å²) in [6.07, 6.45) is 0.851. The normalized spacial score (nSPS) is 17.3. The van der Waals surface area contributed by atoms with Crippen molar-refractivity contribution in [1.29, 1.82) is 0 Å². The number of ketones is 1. The van der Waals surface area contributed by atoms with Crippen LogP contribution in [0.3, 0.4) is 0 Å². The number of ether oxygens (including phenoxy) is 1. The third-order valence-corrected chi connectivity index (χ3v) is 4.11. The van der Waals surface area contributed by atoms with Gasteiger partial charge in [0.2, 0.25) is 0 Å². The maximum Gasteiger partial charge on any atom is 0.165 e. The minimum atomic E-state index is -0.419. The molecule has 0 N–H and O–H groups in total. The molecule has 2 aromatic carbocycles. The van der Waals surface area contributed by atoms with Crippen molar-refractivity contribution in [2.45, 2.75) is 18.9 Å². The van der Waals surface area contributed by atoms with Crippen molar-refractivity contribution in [1.82, 2.24) is 0 Å². The van der Waals surface area contributed by atoms with Crippen LogP contribution in [-0.2, 0) is 11.2 Å². The zero-order valence-electron chi connectivity index (χ0n) is 11.3. The van der Waals surface area contributed by atoms with E-state index in [0.717, 1.165) is 12.0 Å². The van der Waals surface area contributed by atoms with E-state index < -0.39 is 5.82 Å². The Balaban J connectivity index is 1.82. The smallest absolute Gasteiger partial charge is 0.165 e. The number of carbonyl (C=O) groups excluding carboxylic acids is 1. The molecule has 1 heterocycles. The second-order valence-corrected chi connectivity index (χ2v) is 6.01. The molecule has 0 fully saturated rings. The van der Waals surface area contributed by atoms with Gasteiger partial charge in [0.05, 0.1) is 12.7 Å². The number of hydrogen-bond donors (Lipinski definition) is 0. The fourth-order valence-electron chi connectivity index (χ4n) is 2.65. The van der Waals surface area contributed by atoms with Gasteiger partial charge in [-0.25, -0.2) is 4.39 Å². The predicted molar refractivity (Wildman–Crippen MR) is 81.9 cm³/mol.